The van der Waals surface area contributed by atoms with Crippen molar-refractivity contribution in [2.75, 3.05) is 31.5 Å². The summed E-state index contributed by atoms with van der Waals surface area (Å²) >= 11 is 0. The predicted molar refractivity (Wildman–Crippen MR) is 116 cm³/mol. The fourth-order valence-corrected chi connectivity index (χ4v) is 5.25. The molecule has 2 saturated heterocycles. The van der Waals surface area contributed by atoms with Crippen LogP contribution in [0.25, 0.3) is 0 Å². The summed E-state index contributed by atoms with van der Waals surface area (Å²) < 4.78 is 28.0. The Morgan fingerprint density at radius 1 is 1.12 bits per heavy atom. The highest BCUT2D eigenvalue weighted by Gasteiger charge is 2.52. The quantitative estimate of drug-likeness (QED) is 0.770. The summed E-state index contributed by atoms with van der Waals surface area (Å²) in [4.78, 5) is 29.4. The minimum absolute atomic E-state index is 0.0512. The molecule has 0 radical (unpaired) electrons. The van der Waals surface area contributed by atoms with Gasteiger partial charge in [-0.05, 0) is 49.6 Å². The molecule has 1 spiro atoms. The summed E-state index contributed by atoms with van der Waals surface area (Å²) in [6.07, 6.45) is 2.23. The third-order valence-electron chi connectivity index (χ3n) is 6.96. The van der Waals surface area contributed by atoms with E-state index in [1.165, 1.54) is 18.2 Å². The average molecular weight is 440 g/mol. The first-order valence-corrected chi connectivity index (χ1v) is 11.1. The van der Waals surface area contributed by atoms with Crippen molar-refractivity contribution >= 4 is 17.6 Å². The van der Waals surface area contributed by atoms with Crippen molar-refractivity contribution in [3.63, 3.8) is 0 Å². The van der Waals surface area contributed by atoms with Gasteiger partial charge in [-0.25, -0.2) is 13.6 Å². The zero-order valence-electron chi connectivity index (χ0n) is 17.7. The van der Waals surface area contributed by atoms with E-state index in [9.17, 15) is 18.4 Å². The van der Waals surface area contributed by atoms with Gasteiger partial charge >= 0.3 is 6.03 Å². The van der Waals surface area contributed by atoms with Gasteiger partial charge in [0.15, 0.2) is 0 Å². The molecule has 3 aliphatic heterocycles. The second-order valence-corrected chi connectivity index (χ2v) is 8.98. The molecule has 0 saturated carbocycles. The van der Waals surface area contributed by atoms with Gasteiger partial charge in [0.05, 0.1) is 5.41 Å². The van der Waals surface area contributed by atoms with Gasteiger partial charge < -0.3 is 15.5 Å². The molecule has 0 aliphatic carbocycles. The summed E-state index contributed by atoms with van der Waals surface area (Å²) in [5.41, 5.74) is 1.15. The van der Waals surface area contributed by atoms with Crippen molar-refractivity contribution in [1.29, 1.82) is 0 Å². The Bertz CT molecular complexity index is 1040. The molecule has 2 aromatic rings. The minimum Gasteiger partial charge on any atom is -0.334 e. The number of amides is 3. The van der Waals surface area contributed by atoms with Crippen LogP contribution in [0.3, 0.4) is 0 Å². The molecule has 0 aromatic heterocycles. The number of hydrogen-bond acceptors (Lipinski definition) is 3. The van der Waals surface area contributed by atoms with Gasteiger partial charge in [0.2, 0.25) is 5.91 Å². The summed E-state index contributed by atoms with van der Waals surface area (Å²) in [6.45, 7) is 2.28. The van der Waals surface area contributed by atoms with Crippen LogP contribution in [0.2, 0.25) is 0 Å². The van der Waals surface area contributed by atoms with Crippen LogP contribution in [0.5, 0.6) is 0 Å². The summed E-state index contributed by atoms with van der Waals surface area (Å²) in [5, 5.41) is 6.02. The van der Waals surface area contributed by atoms with E-state index in [0.717, 1.165) is 30.6 Å². The lowest BCUT2D eigenvalue weighted by atomic mass is 9.81. The zero-order chi connectivity index (χ0) is 22.3. The van der Waals surface area contributed by atoms with Gasteiger partial charge in [0.1, 0.15) is 11.6 Å². The molecule has 2 unspecified atom stereocenters. The number of carbonyl (C=O) groups is 2. The Hall–Kier alpha value is -3.00. The normalized spacial score (nSPS) is 25.1. The number of hydrogen-bond donors (Lipinski definition) is 2. The lowest BCUT2D eigenvalue weighted by Crippen LogP contribution is -2.51. The fourth-order valence-electron chi connectivity index (χ4n) is 5.25. The highest BCUT2D eigenvalue weighted by Crippen LogP contribution is 2.44. The van der Waals surface area contributed by atoms with Crippen LogP contribution in [0.1, 0.15) is 30.4 Å². The molecule has 3 aliphatic rings. The van der Waals surface area contributed by atoms with Crippen molar-refractivity contribution in [3.05, 3.63) is 65.2 Å². The number of urea groups is 1. The number of rotatable bonds is 3. The molecule has 3 amide bonds. The van der Waals surface area contributed by atoms with Crippen LogP contribution in [0, 0.1) is 11.6 Å². The highest BCUT2D eigenvalue weighted by molar-refractivity contribution is 6.07. The van der Waals surface area contributed by atoms with Gasteiger partial charge in [-0.1, -0.05) is 24.3 Å². The molecule has 6 nitrogen and oxygen atoms in total. The molecule has 2 N–H and O–H groups in total. The Balaban J connectivity index is 1.22. The van der Waals surface area contributed by atoms with Crippen molar-refractivity contribution in [2.45, 2.75) is 37.3 Å². The maximum absolute atomic E-state index is 14.0. The van der Waals surface area contributed by atoms with Crippen molar-refractivity contribution in [2.24, 2.45) is 0 Å². The van der Waals surface area contributed by atoms with Crippen molar-refractivity contribution in [3.8, 4) is 0 Å². The zero-order valence-corrected chi connectivity index (χ0v) is 17.7. The Kier molecular flexibility index (Phi) is 5.33. The van der Waals surface area contributed by atoms with Crippen LogP contribution < -0.4 is 10.6 Å². The van der Waals surface area contributed by atoms with E-state index in [2.05, 4.69) is 10.6 Å². The van der Waals surface area contributed by atoms with E-state index < -0.39 is 17.0 Å². The monoisotopic (exact) mass is 440 g/mol. The molecule has 32 heavy (non-hydrogen) atoms. The van der Waals surface area contributed by atoms with Crippen molar-refractivity contribution < 1.29 is 18.4 Å². The molecule has 2 atom stereocenters. The smallest absolute Gasteiger partial charge is 0.317 e. The van der Waals surface area contributed by atoms with Crippen LogP contribution in [0.15, 0.2) is 42.5 Å². The third kappa shape index (κ3) is 3.62. The van der Waals surface area contributed by atoms with Crippen LogP contribution in [-0.4, -0.2) is 54.0 Å². The number of anilines is 1. The molecule has 5 rings (SSSR count). The molecular weight excluding hydrogens is 414 g/mol. The standard InChI is InChI=1S/C24H26F2N4O2/c25-19-7-3-8-20(26)17(19)14-29-11-4-5-16(13-29)27-23(32)30-12-10-24(15-30)18-6-1-2-9-21(18)28-22(24)31/h1-3,6-9,16H,4-5,10-15H2,(H,27,32)(H,28,31). The fraction of sp³-hybridized carbons (Fsp3) is 0.417. The molecule has 168 valence electrons. The second-order valence-electron chi connectivity index (χ2n) is 8.98. The second kappa shape index (κ2) is 8.16. The van der Waals surface area contributed by atoms with Crippen molar-refractivity contribution in [1.82, 2.24) is 15.1 Å². The number of para-hydroxylation sites is 1. The van der Waals surface area contributed by atoms with E-state index in [1.807, 2.05) is 29.2 Å². The SMILES string of the molecule is O=C(NC1CCCN(Cc2c(F)cccc2F)C1)N1CCC2(C1)C(=O)Nc1ccccc12. The topological polar surface area (TPSA) is 64.7 Å². The van der Waals surface area contributed by atoms with Gasteiger partial charge in [-0.2, -0.15) is 0 Å². The van der Waals surface area contributed by atoms with E-state index in [-0.39, 0.29) is 30.1 Å². The molecule has 0 bridgehead atoms. The van der Waals surface area contributed by atoms with Gasteiger partial charge in [0.25, 0.3) is 0 Å². The predicted octanol–water partition coefficient (Wildman–Crippen LogP) is 3.23. The summed E-state index contributed by atoms with van der Waals surface area (Å²) in [7, 11) is 0. The Labute approximate surface area is 185 Å². The third-order valence-corrected chi connectivity index (χ3v) is 6.96. The number of likely N-dealkylation sites (tertiary alicyclic amines) is 2. The molecule has 2 aromatic carbocycles. The van der Waals surface area contributed by atoms with E-state index >= 15 is 0 Å². The Morgan fingerprint density at radius 3 is 2.72 bits per heavy atom. The molecular formula is C24H26F2N4O2. The average Bonchev–Trinajstić information content (AvgIpc) is 3.34. The molecule has 3 heterocycles. The number of halogens is 2. The first kappa shape index (κ1) is 20.9. The van der Waals surface area contributed by atoms with Crippen LogP contribution in [-0.2, 0) is 16.8 Å². The Morgan fingerprint density at radius 2 is 1.91 bits per heavy atom. The lowest BCUT2D eigenvalue weighted by Gasteiger charge is -2.34. The maximum atomic E-state index is 14.0. The van der Waals surface area contributed by atoms with E-state index in [4.69, 9.17) is 0 Å². The highest BCUT2D eigenvalue weighted by atomic mass is 19.1. The van der Waals surface area contributed by atoms with E-state index in [1.54, 1.807) is 4.90 Å². The minimum atomic E-state index is -0.686. The van der Waals surface area contributed by atoms with Crippen LogP contribution in [0.4, 0.5) is 19.3 Å². The van der Waals surface area contributed by atoms with Crippen LogP contribution >= 0.6 is 0 Å². The van der Waals surface area contributed by atoms with Gasteiger partial charge in [-0.15, -0.1) is 0 Å². The number of carbonyl (C=O) groups excluding carboxylic acids is 2. The molecule has 2 fully saturated rings. The largest absolute Gasteiger partial charge is 0.334 e. The van der Waals surface area contributed by atoms with E-state index in [0.29, 0.717) is 26.1 Å². The number of nitrogens with zero attached hydrogens (tertiary/aromatic N) is 2. The molecule has 8 heteroatoms. The first-order chi connectivity index (χ1) is 15.5. The number of piperidine rings is 1. The number of benzene rings is 2. The number of nitrogens with one attached hydrogen (secondary N) is 2. The summed E-state index contributed by atoms with van der Waals surface area (Å²) in [5.74, 6) is -1.15. The number of fused-ring (bicyclic) bond motifs is 2. The van der Waals surface area contributed by atoms with Gasteiger partial charge in [-0.3, -0.25) is 9.69 Å². The maximum Gasteiger partial charge on any atom is 0.317 e. The van der Waals surface area contributed by atoms with Gasteiger partial charge in [0, 0.05) is 43.5 Å². The first-order valence-electron chi connectivity index (χ1n) is 11.1. The lowest BCUT2D eigenvalue weighted by molar-refractivity contribution is -0.120. The summed E-state index contributed by atoms with van der Waals surface area (Å²) in [6, 6.07) is 11.2.